The van der Waals surface area contributed by atoms with E-state index in [0.29, 0.717) is 0 Å². The molecule has 21 heavy (non-hydrogen) atoms. The van der Waals surface area contributed by atoms with E-state index in [1.807, 2.05) is 34.0 Å². The molecule has 0 amide bonds. The van der Waals surface area contributed by atoms with Gasteiger partial charge in [0.25, 0.3) is 0 Å². The molecule has 106 valence electrons. The van der Waals surface area contributed by atoms with E-state index < -0.39 is 5.97 Å². The second-order valence-corrected chi connectivity index (χ2v) is 5.13. The fourth-order valence-corrected chi connectivity index (χ4v) is 3.02. The Bertz CT molecular complexity index is 832. The lowest BCUT2D eigenvalue weighted by Gasteiger charge is -2.07. The van der Waals surface area contributed by atoms with Crippen molar-refractivity contribution in [3.63, 3.8) is 0 Å². The van der Waals surface area contributed by atoms with Gasteiger partial charge in [-0.2, -0.15) is 0 Å². The Morgan fingerprint density at radius 2 is 2.24 bits per heavy atom. The molecule has 0 spiro atoms. The molecule has 2 heterocycles. The van der Waals surface area contributed by atoms with Crippen LogP contribution in [0.2, 0.25) is 0 Å². The van der Waals surface area contributed by atoms with Crippen LogP contribution in [0.25, 0.3) is 22.3 Å². The zero-order chi connectivity index (χ0) is 14.8. The summed E-state index contributed by atoms with van der Waals surface area (Å²) in [5, 5.41) is 10.8. The van der Waals surface area contributed by atoms with Crippen LogP contribution in [-0.2, 0) is 4.79 Å². The smallest absolute Gasteiger partial charge is 0.328 e. The highest BCUT2D eigenvalue weighted by molar-refractivity contribution is 7.15. The van der Waals surface area contributed by atoms with Crippen LogP contribution in [0, 0.1) is 0 Å². The van der Waals surface area contributed by atoms with Crippen LogP contribution in [-0.4, -0.2) is 27.6 Å². The van der Waals surface area contributed by atoms with Crippen molar-refractivity contribution in [2.45, 2.75) is 0 Å². The van der Waals surface area contributed by atoms with E-state index in [1.165, 1.54) is 17.4 Å². The standard InChI is InChI=1S/C15H12N2O3S/c1-20-13-5-3-2-4-11(13)12-9-21-15-16-8-10(17(12)15)6-7-14(18)19/h2-9H,1H3,(H,18,19)/b7-6+. The molecular formula is C15H12N2O3S. The second-order valence-electron chi connectivity index (χ2n) is 4.29. The van der Waals surface area contributed by atoms with Crippen LogP contribution in [0.4, 0.5) is 0 Å². The number of fused-ring (bicyclic) bond motifs is 1. The first-order valence-electron chi connectivity index (χ1n) is 6.20. The minimum absolute atomic E-state index is 0.717. The number of nitrogens with zero attached hydrogens (tertiary/aromatic N) is 2. The second kappa shape index (κ2) is 5.41. The van der Waals surface area contributed by atoms with Gasteiger partial charge >= 0.3 is 5.97 Å². The summed E-state index contributed by atoms with van der Waals surface area (Å²) in [7, 11) is 1.63. The van der Waals surface area contributed by atoms with Gasteiger partial charge in [-0.05, 0) is 18.2 Å². The van der Waals surface area contributed by atoms with Gasteiger partial charge in [-0.15, -0.1) is 11.3 Å². The minimum atomic E-state index is -0.987. The number of thiazole rings is 1. The van der Waals surface area contributed by atoms with E-state index in [9.17, 15) is 4.79 Å². The fraction of sp³-hybridized carbons (Fsp3) is 0.0667. The zero-order valence-electron chi connectivity index (χ0n) is 11.2. The maximum Gasteiger partial charge on any atom is 0.328 e. The lowest BCUT2D eigenvalue weighted by Crippen LogP contribution is -1.93. The number of para-hydroxylation sites is 1. The van der Waals surface area contributed by atoms with E-state index in [-0.39, 0.29) is 0 Å². The number of aliphatic carboxylic acids is 1. The topological polar surface area (TPSA) is 63.8 Å². The van der Waals surface area contributed by atoms with E-state index in [0.717, 1.165) is 33.7 Å². The minimum Gasteiger partial charge on any atom is -0.496 e. The Morgan fingerprint density at radius 3 is 3.00 bits per heavy atom. The van der Waals surface area contributed by atoms with Gasteiger partial charge in [0.15, 0.2) is 4.96 Å². The first kappa shape index (κ1) is 13.4. The van der Waals surface area contributed by atoms with Crippen LogP contribution in [0.5, 0.6) is 5.75 Å². The Morgan fingerprint density at radius 1 is 1.43 bits per heavy atom. The molecule has 0 saturated carbocycles. The molecule has 0 aliphatic carbocycles. The molecule has 3 aromatic rings. The molecule has 0 fully saturated rings. The number of benzene rings is 1. The van der Waals surface area contributed by atoms with Gasteiger partial charge < -0.3 is 9.84 Å². The molecule has 0 radical (unpaired) electrons. The Labute approximate surface area is 124 Å². The van der Waals surface area contributed by atoms with Gasteiger partial charge in [-0.1, -0.05) is 12.1 Å². The summed E-state index contributed by atoms with van der Waals surface area (Å²) < 4.78 is 7.31. The molecule has 0 bridgehead atoms. The van der Waals surface area contributed by atoms with Crippen molar-refractivity contribution in [2.75, 3.05) is 7.11 Å². The van der Waals surface area contributed by atoms with Crippen LogP contribution in [0.15, 0.2) is 41.9 Å². The summed E-state index contributed by atoms with van der Waals surface area (Å²) in [6, 6.07) is 7.70. The number of aromatic nitrogens is 2. The van der Waals surface area contributed by atoms with Crippen LogP contribution in [0.3, 0.4) is 0 Å². The average Bonchev–Trinajstić information content (AvgIpc) is 3.07. The van der Waals surface area contributed by atoms with Crippen LogP contribution < -0.4 is 4.74 Å². The van der Waals surface area contributed by atoms with E-state index in [4.69, 9.17) is 9.84 Å². The van der Waals surface area contributed by atoms with Crippen molar-refractivity contribution in [2.24, 2.45) is 0 Å². The molecule has 0 aliphatic rings. The number of methoxy groups -OCH3 is 1. The predicted molar refractivity (Wildman–Crippen MR) is 81.7 cm³/mol. The molecule has 6 heteroatoms. The molecule has 0 saturated heterocycles. The molecule has 0 unspecified atom stereocenters. The van der Waals surface area contributed by atoms with Crippen molar-refractivity contribution in [3.8, 4) is 17.0 Å². The largest absolute Gasteiger partial charge is 0.496 e. The fourth-order valence-electron chi connectivity index (χ4n) is 2.15. The van der Waals surface area contributed by atoms with Gasteiger partial charge in [0.05, 0.1) is 24.7 Å². The maximum atomic E-state index is 10.7. The first-order chi connectivity index (χ1) is 10.2. The van der Waals surface area contributed by atoms with Crippen LogP contribution >= 0.6 is 11.3 Å². The van der Waals surface area contributed by atoms with Crippen LogP contribution in [0.1, 0.15) is 5.69 Å². The number of carboxylic acids is 1. The van der Waals surface area contributed by atoms with Crippen molar-refractivity contribution in [1.82, 2.24) is 9.38 Å². The molecular weight excluding hydrogens is 288 g/mol. The Kier molecular flexibility index (Phi) is 3.45. The third kappa shape index (κ3) is 2.41. The monoisotopic (exact) mass is 300 g/mol. The number of rotatable bonds is 4. The highest BCUT2D eigenvalue weighted by atomic mass is 32.1. The van der Waals surface area contributed by atoms with E-state index in [2.05, 4.69) is 4.98 Å². The third-order valence-electron chi connectivity index (χ3n) is 3.05. The SMILES string of the molecule is COc1ccccc1-c1csc2ncc(/C=C/C(=O)O)n12. The molecule has 0 aliphatic heterocycles. The number of carboxylic acid groups (broad SMARTS) is 1. The quantitative estimate of drug-likeness (QED) is 0.752. The van der Waals surface area contributed by atoms with Crippen molar-refractivity contribution < 1.29 is 14.6 Å². The number of imidazole rings is 1. The van der Waals surface area contributed by atoms with Crippen molar-refractivity contribution in [1.29, 1.82) is 0 Å². The molecule has 0 atom stereocenters. The molecule has 2 aromatic heterocycles. The normalized spacial score (nSPS) is 11.3. The molecule has 3 rings (SSSR count). The predicted octanol–water partition coefficient (Wildman–Crippen LogP) is 3.17. The van der Waals surface area contributed by atoms with Gasteiger partial charge in [-0.3, -0.25) is 4.40 Å². The van der Waals surface area contributed by atoms with Gasteiger partial charge in [0.1, 0.15) is 5.75 Å². The summed E-state index contributed by atoms with van der Waals surface area (Å²) in [6.45, 7) is 0. The highest BCUT2D eigenvalue weighted by Crippen LogP contribution is 2.33. The molecule has 1 N–H and O–H groups in total. The van der Waals surface area contributed by atoms with Gasteiger partial charge in [-0.25, -0.2) is 9.78 Å². The molecule has 1 aromatic carbocycles. The lowest BCUT2D eigenvalue weighted by atomic mass is 10.1. The Hall–Kier alpha value is -2.60. The van der Waals surface area contributed by atoms with E-state index >= 15 is 0 Å². The number of ether oxygens (including phenoxy) is 1. The lowest BCUT2D eigenvalue weighted by molar-refractivity contribution is -0.131. The summed E-state index contributed by atoms with van der Waals surface area (Å²) in [4.78, 5) is 15.8. The van der Waals surface area contributed by atoms with Crippen molar-refractivity contribution in [3.05, 3.63) is 47.6 Å². The Balaban J connectivity index is 2.19. The van der Waals surface area contributed by atoms with E-state index in [1.54, 1.807) is 13.3 Å². The number of hydrogen-bond donors (Lipinski definition) is 1. The first-order valence-corrected chi connectivity index (χ1v) is 7.08. The zero-order valence-corrected chi connectivity index (χ0v) is 12.0. The third-order valence-corrected chi connectivity index (χ3v) is 3.89. The number of carbonyl (C=O) groups is 1. The summed E-state index contributed by atoms with van der Waals surface area (Å²) in [5.41, 5.74) is 2.58. The highest BCUT2D eigenvalue weighted by Gasteiger charge is 2.13. The maximum absolute atomic E-state index is 10.7. The number of hydrogen-bond acceptors (Lipinski definition) is 4. The summed E-state index contributed by atoms with van der Waals surface area (Å²) in [6.07, 6.45) is 4.30. The van der Waals surface area contributed by atoms with Gasteiger partial charge in [0, 0.05) is 17.0 Å². The van der Waals surface area contributed by atoms with Crippen molar-refractivity contribution >= 4 is 28.3 Å². The average molecular weight is 300 g/mol. The molecule has 5 nitrogen and oxygen atoms in total. The summed E-state index contributed by atoms with van der Waals surface area (Å²) >= 11 is 1.50. The van der Waals surface area contributed by atoms with Gasteiger partial charge in [0.2, 0.25) is 0 Å². The summed E-state index contributed by atoms with van der Waals surface area (Å²) in [5.74, 6) is -0.224.